The third-order valence-electron chi connectivity index (χ3n) is 2.75. The van der Waals surface area contributed by atoms with Gasteiger partial charge in [-0.3, -0.25) is 4.98 Å². The Morgan fingerprint density at radius 2 is 1.65 bits per heavy atom. The Labute approximate surface area is 116 Å². The standard InChI is InChI=1S/C15H13N3O2/c1-2-14(9-15-12(1)10-17-11-18-15)20-8-7-19-13-3-5-16-6-4-13/h1-6,9-11H,7-8H2. The van der Waals surface area contributed by atoms with E-state index >= 15 is 0 Å². The van der Waals surface area contributed by atoms with E-state index in [-0.39, 0.29) is 0 Å². The van der Waals surface area contributed by atoms with Crippen LogP contribution in [0.1, 0.15) is 0 Å². The van der Waals surface area contributed by atoms with Gasteiger partial charge in [0, 0.05) is 30.0 Å². The molecule has 0 saturated heterocycles. The van der Waals surface area contributed by atoms with E-state index in [2.05, 4.69) is 15.0 Å². The molecule has 2 aromatic heterocycles. The predicted octanol–water partition coefficient (Wildman–Crippen LogP) is 2.48. The van der Waals surface area contributed by atoms with Crippen molar-refractivity contribution in [3.63, 3.8) is 0 Å². The molecule has 0 spiro atoms. The minimum atomic E-state index is 0.471. The van der Waals surface area contributed by atoms with Gasteiger partial charge in [-0.05, 0) is 24.3 Å². The zero-order valence-corrected chi connectivity index (χ0v) is 10.8. The van der Waals surface area contributed by atoms with Crippen molar-refractivity contribution in [1.82, 2.24) is 15.0 Å². The van der Waals surface area contributed by atoms with E-state index in [1.807, 2.05) is 30.3 Å². The van der Waals surface area contributed by atoms with E-state index in [1.54, 1.807) is 18.6 Å². The highest BCUT2D eigenvalue weighted by Crippen LogP contribution is 2.18. The smallest absolute Gasteiger partial charge is 0.122 e. The molecule has 5 nitrogen and oxygen atoms in total. The average molecular weight is 267 g/mol. The zero-order chi connectivity index (χ0) is 13.6. The largest absolute Gasteiger partial charge is 0.490 e. The minimum absolute atomic E-state index is 0.471. The fraction of sp³-hybridized carbons (Fsp3) is 0.133. The summed E-state index contributed by atoms with van der Waals surface area (Å²) in [6, 6.07) is 9.36. The second kappa shape index (κ2) is 5.97. The summed E-state index contributed by atoms with van der Waals surface area (Å²) in [6.07, 6.45) is 6.69. The number of hydrogen-bond donors (Lipinski definition) is 0. The van der Waals surface area contributed by atoms with Crippen molar-refractivity contribution in [2.45, 2.75) is 0 Å². The summed E-state index contributed by atoms with van der Waals surface area (Å²) < 4.78 is 11.2. The summed E-state index contributed by atoms with van der Waals surface area (Å²) in [5.74, 6) is 1.56. The summed E-state index contributed by atoms with van der Waals surface area (Å²) in [7, 11) is 0. The van der Waals surface area contributed by atoms with Crippen LogP contribution in [0.2, 0.25) is 0 Å². The monoisotopic (exact) mass is 267 g/mol. The molecule has 0 aliphatic heterocycles. The third-order valence-corrected chi connectivity index (χ3v) is 2.75. The van der Waals surface area contributed by atoms with Crippen LogP contribution in [-0.2, 0) is 0 Å². The second-order valence-corrected chi connectivity index (χ2v) is 4.12. The number of hydrogen-bond acceptors (Lipinski definition) is 5. The molecular weight excluding hydrogens is 254 g/mol. The van der Waals surface area contributed by atoms with Gasteiger partial charge in [0.2, 0.25) is 0 Å². The van der Waals surface area contributed by atoms with Gasteiger partial charge in [0.1, 0.15) is 31.0 Å². The summed E-state index contributed by atoms with van der Waals surface area (Å²) in [5, 5.41) is 0.993. The van der Waals surface area contributed by atoms with Crippen LogP contribution in [0.4, 0.5) is 0 Å². The van der Waals surface area contributed by atoms with Crippen LogP contribution in [0.25, 0.3) is 10.9 Å². The Morgan fingerprint density at radius 3 is 2.50 bits per heavy atom. The van der Waals surface area contributed by atoms with Crippen LogP contribution in [0.3, 0.4) is 0 Å². The molecule has 5 heteroatoms. The lowest BCUT2D eigenvalue weighted by atomic mass is 10.2. The lowest BCUT2D eigenvalue weighted by molar-refractivity contribution is 0.217. The lowest BCUT2D eigenvalue weighted by Crippen LogP contribution is -2.08. The van der Waals surface area contributed by atoms with E-state index in [1.165, 1.54) is 6.33 Å². The van der Waals surface area contributed by atoms with Crippen molar-refractivity contribution in [1.29, 1.82) is 0 Å². The quantitative estimate of drug-likeness (QED) is 0.665. The summed E-state index contributed by atoms with van der Waals surface area (Å²) in [6.45, 7) is 0.949. The van der Waals surface area contributed by atoms with Crippen LogP contribution in [0, 0.1) is 0 Å². The van der Waals surface area contributed by atoms with Gasteiger partial charge < -0.3 is 9.47 Å². The third kappa shape index (κ3) is 3.00. The van der Waals surface area contributed by atoms with Crippen molar-refractivity contribution < 1.29 is 9.47 Å². The average Bonchev–Trinajstić information content (AvgIpc) is 2.52. The topological polar surface area (TPSA) is 57.1 Å². The van der Waals surface area contributed by atoms with Crippen LogP contribution in [0.5, 0.6) is 11.5 Å². The highest BCUT2D eigenvalue weighted by Gasteiger charge is 1.99. The van der Waals surface area contributed by atoms with Crippen molar-refractivity contribution in [3.8, 4) is 11.5 Å². The molecule has 0 radical (unpaired) electrons. The number of fused-ring (bicyclic) bond motifs is 1. The number of pyridine rings is 1. The molecule has 3 aromatic rings. The molecule has 0 N–H and O–H groups in total. The first-order chi connectivity index (χ1) is 9.92. The van der Waals surface area contributed by atoms with Crippen LogP contribution in [-0.4, -0.2) is 28.2 Å². The Balaban J connectivity index is 1.55. The Hall–Kier alpha value is -2.69. The fourth-order valence-electron chi connectivity index (χ4n) is 1.80. The molecule has 0 amide bonds. The first-order valence-electron chi connectivity index (χ1n) is 6.27. The first-order valence-corrected chi connectivity index (χ1v) is 6.27. The molecule has 1 aromatic carbocycles. The first kappa shape index (κ1) is 12.3. The van der Waals surface area contributed by atoms with Crippen molar-refractivity contribution in [2.75, 3.05) is 13.2 Å². The SMILES string of the molecule is c1cc(OCCOc2ccc3cncnc3c2)ccn1. The molecule has 0 aliphatic carbocycles. The second-order valence-electron chi connectivity index (χ2n) is 4.12. The van der Waals surface area contributed by atoms with Crippen LogP contribution >= 0.6 is 0 Å². The van der Waals surface area contributed by atoms with E-state index in [4.69, 9.17) is 9.47 Å². The van der Waals surface area contributed by atoms with Crippen LogP contribution < -0.4 is 9.47 Å². The normalized spacial score (nSPS) is 10.4. The van der Waals surface area contributed by atoms with Gasteiger partial charge in [-0.15, -0.1) is 0 Å². The van der Waals surface area contributed by atoms with Gasteiger partial charge in [-0.2, -0.15) is 0 Å². The number of aromatic nitrogens is 3. The van der Waals surface area contributed by atoms with Gasteiger partial charge in [0.05, 0.1) is 5.52 Å². The molecular formula is C15H13N3O2. The van der Waals surface area contributed by atoms with Crippen molar-refractivity contribution in [3.05, 3.63) is 55.2 Å². The zero-order valence-electron chi connectivity index (χ0n) is 10.8. The molecule has 0 fully saturated rings. The molecule has 20 heavy (non-hydrogen) atoms. The van der Waals surface area contributed by atoms with Gasteiger partial charge in [0.15, 0.2) is 0 Å². The lowest BCUT2D eigenvalue weighted by Gasteiger charge is -2.08. The number of rotatable bonds is 5. The highest BCUT2D eigenvalue weighted by atomic mass is 16.5. The molecule has 0 atom stereocenters. The minimum Gasteiger partial charge on any atom is -0.490 e. The molecule has 2 heterocycles. The maximum atomic E-state index is 5.63. The van der Waals surface area contributed by atoms with E-state index < -0.39 is 0 Å². The molecule has 100 valence electrons. The summed E-state index contributed by atoms with van der Waals surface area (Å²) in [4.78, 5) is 12.1. The van der Waals surface area contributed by atoms with E-state index in [0.29, 0.717) is 13.2 Å². The maximum Gasteiger partial charge on any atom is 0.122 e. The summed E-state index contributed by atoms with van der Waals surface area (Å²) in [5.41, 5.74) is 0.868. The number of ether oxygens (including phenoxy) is 2. The molecule has 3 rings (SSSR count). The van der Waals surface area contributed by atoms with Gasteiger partial charge in [0.25, 0.3) is 0 Å². The Bertz CT molecular complexity index is 689. The molecule has 0 unspecified atom stereocenters. The van der Waals surface area contributed by atoms with E-state index in [0.717, 1.165) is 22.4 Å². The van der Waals surface area contributed by atoms with Crippen molar-refractivity contribution in [2.24, 2.45) is 0 Å². The van der Waals surface area contributed by atoms with Crippen molar-refractivity contribution >= 4 is 10.9 Å². The molecule has 0 bridgehead atoms. The fourth-order valence-corrected chi connectivity index (χ4v) is 1.80. The molecule has 0 saturated carbocycles. The van der Waals surface area contributed by atoms with E-state index in [9.17, 15) is 0 Å². The van der Waals surface area contributed by atoms with Gasteiger partial charge in [-0.1, -0.05) is 0 Å². The van der Waals surface area contributed by atoms with Gasteiger partial charge in [-0.25, -0.2) is 9.97 Å². The predicted molar refractivity (Wildman–Crippen MR) is 74.8 cm³/mol. The maximum absolute atomic E-state index is 5.63. The van der Waals surface area contributed by atoms with Gasteiger partial charge >= 0.3 is 0 Å². The number of nitrogens with zero attached hydrogens (tertiary/aromatic N) is 3. The Kier molecular flexibility index (Phi) is 3.68. The Morgan fingerprint density at radius 1 is 0.850 bits per heavy atom. The summed E-state index contributed by atoms with van der Waals surface area (Å²) >= 11 is 0. The van der Waals surface area contributed by atoms with Crippen LogP contribution in [0.15, 0.2) is 55.2 Å². The molecule has 0 aliphatic rings. The number of benzene rings is 1. The highest BCUT2D eigenvalue weighted by molar-refractivity contribution is 5.78.